The van der Waals surface area contributed by atoms with Crippen LogP contribution in [0.4, 0.5) is 0 Å². The van der Waals surface area contributed by atoms with Gasteiger partial charge in [-0.1, -0.05) is 35.9 Å². The van der Waals surface area contributed by atoms with E-state index >= 15 is 0 Å². The Morgan fingerprint density at radius 2 is 1.79 bits per heavy atom. The molecule has 0 bridgehead atoms. The highest BCUT2D eigenvalue weighted by molar-refractivity contribution is 5.84. The average molecular weight is 389 g/mol. The lowest BCUT2D eigenvalue weighted by molar-refractivity contribution is -0.123. The first-order chi connectivity index (χ1) is 13.9. The summed E-state index contributed by atoms with van der Waals surface area (Å²) in [6.07, 6.45) is 1.67. The van der Waals surface area contributed by atoms with E-state index < -0.39 is 0 Å². The molecule has 0 atom stereocenters. The number of amides is 1. The lowest BCUT2D eigenvalue weighted by atomic mass is 10.1. The molecule has 0 saturated heterocycles. The number of nitrogens with one attached hydrogen (secondary N) is 1. The molecule has 29 heavy (non-hydrogen) atoms. The van der Waals surface area contributed by atoms with Crippen molar-refractivity contribution in [3.8, 4) is 11.4 Å². The molecule has 1 aromatic heterocycles. The fourth-order valence-corrected chi connectivity index (χ4v) is 3.41. The van der Waals surface area contributed by atoms with Gasteiger partial charge in [0.2, 0.25) is 0 Å². The molecule has 0 aliphatic heterocycles. The molecule has 1 N–H and O–H groups in total. The molecule has 5 nitrogen and oxygen atoms in total. The van der Waals surface area contributed by atoms with Gasteiger partial charge in [0.25, 0.3) is 5.91 Å². The molecule has 1 amide bonds. The number of hydrogen-bond donors (Lipinski definition) is 1. The Bertz CT molecular complexity index is 1060. The summed E-state index contributed by atoms with van der Waals surface area (Å²) in [6.45, 7) is 10.2. The predicted octanol–water partition coefficient (Wildman–Crippen LogP) is 4.55. The zero-order valence-corrected chi connectivity index (χ0v) is 17.6. The molecule has 3 aromatic rings. The van der Waals surface area contributed by atoms with Gasteiger partial charge in [0, 0.05) is 22.6 Å². The molecule has 3 rings (SSSR count). The second kappa shape index (κ2) is 8.78. The standard InChI is InChI=1S/C24H27N3O2/c1-16-10-11-22(18(3)12-16)27-19(4)13-21(20(27)5)14-25-26-24(28)15-29-23-9-7-6-8-17(23)2/h6-14H,15H2,1-5H3,(H,26,28)/b25-14-. The van der Waals surface area contributed by atoms with Gasteiger partial charge >= 0.3 is 0 Å². The van der Waals surface area contributed by atoms with Crippen molar-refractivity contribution < 1.29 is 9.53 Å². The number of benzene rings is 2. The topological polar surface area (TPSA) is 55.6 Å². The van der Waals surface area contributed by atoms with Crippen molar-refractivity contribution in [3.05, 3.63) is 82.2 Å². The molecule has 5 heteroatoms. The Hall–Kier alpha value is -3.34. The van der Waals surface area contributed by atoms with Gasteiger partial charge in [-0.05, 0) is 63.9 Å². The Balaban J connectivity index is 1.67. The molecule has 0 saturated carbocycles. The van der Waals surface area contributed by atoms with Gasteiger partial charge in [-0.25, -0.2) is 5.43 Å². The highest BCUT2D eigenvalue weighted by Gasteiger charge is 2.11. The monoisotopic (exact) mass is 389 g/mol. The minimum Gasteiger partial charge on any atom is -0.483 e. The summed E-state index contributed by atoms with van der Waals surface area (Å²) in [5.74, 6) is 0.399. The van der Waals surface area contributed by atoms with E-state index in [1.165, 1.54) is 11.1 Å². The van der Waals surface area contributed by atoms with Crippen LogP contribution in [0, 0.1) is 34.6 Å². The molecule has 0 fully saturated rings. The van der Waals surface area contributed by atoms with Gasteiger partial charge in [0.1, 0.15) is 5.75 Å². The molecule has 0 radical (unpaired) electrons. The number of aryl methyl sites for hydroxylation is 4. The van der Waals surface area contributed by atoms with Crippen LogP contribution in [0.5, 0.6) is 5.75 Å². The average Bonchev–Trinajstić information content (AvgIpc) is 2.95. The first-order valence-corrected chi connectivity index (χ1v) is 9.63. The number of hydrazone groups is 1. The first kappa shape index (κ1) is 20.4. The molecule has 0 spiro atoms. The van der Waals surface area contributed by atoms with Crippen molar-refractivity contribution in [2.75, 3.05) is 6.61 Å². The number of rotatable bonds is 6. The Morgan fingerprint density at radius 1 is 1.03 bits per heavy atom. The number of hydrogen-bond acceptors (Lipinski definition) is 3. The van der Waals surface area contributed by atoms with Crippen LogP contribution < -0.4 is 10.2 Å². The molecule has 2 aromatic carbocycles. The number of carbonyl (C=O) groups excluding carboxylic acids is 1. The van der Waals surface area contributed by atoms with Crippen molar-refractivity contribution in [2.45, 2.75) is 34.6 Å². The van der Waals surface area contributed by atoms with Crippen LogP contribution in [-0.4, -0.2) is 23.3 Å². The molecule has 0 aliphatic carbocycles. The summed E-state index contributed by atoms with van der Waals surface area (Å²) >= 11 is 0. The van der Waals surface area contributed by atoms with Crippen LogP contribution in [0.1, 0.15) is 33.6 Å². The summed E-state index contributed by atoms with van der Waals surface area (Å²) in [5.41, 5.74) is 10.3. The minimum absolute atomic E-state index is 0.0796. The first-order valence-electron chi connectivity index (χ1n) is 9.63. The number of aromatic nitrogens is 1. The van der Waals surface area contributed by atoms with Crippen LogP contribution in [0.2, 0.25) is 0 Å². The van der Waals surface area contributed by atoms with Crippen molar-refractivity contribution >= 4 is 12.1 Å². The molecule has 1 heterocycles. The number of nitrogens with zero attached hydrogens (tertiary/aromatic N) is 2. The maximum Gasteiger partial charge on any atom is 0.277 e. The minimum atomic E-state index is -0.298. The van der Waals surface area contributed by atoms with E-state index in [1.807, 2.05) is 31.2 Å². The predicted molar refractivity (Wildman–Crippen MR) is 117 cm³/mol. The summed E-state index contributed by atoms with van der Waals surface area (Å²) in [6, 6.07) is 16.1. The smallest absolute Gasteiger partial charge is 0.277 e. The highest BCUT2D eigenvalue weighted by Crippen LogP contribution is 2.23. The lowest BCUT2D eigenvalue weighted by Gasteiger charge is -2.13. The van der Waals surface area contributed by atoms with E-state index in [2.05, 4.69) is 67.1 Å². The molecule has 150 valence electrons. The van der Waals surface area contributed by atoms with Crippen molar-refractivity contribution in [3.63, 3.8) is 0 Å². The molecule has 0 aliphatic rings. The third kappa shape index (κ3) is 4.74. The normalized spacial score (nSPS) is 11.1. The Kier molecular flexibility index (Phi) is 6.17. The van der Waals surface area contributed by atoms with Gasteiger partial charge < -0.3 is 9.30 Å². The van der Waals surface area contributed by atoms with Crippen LogP contribution in [0.3, 0.4) is 0 Å². The van der Waals surface area contributed by atoms with Crippen molar-refractivity contribution in [1.29, 1.82) is 0 Å². The van der Waals surface area contributed by atoms with Crippen molar-refractivity contribution in [2.24, 2.45) is 5.10 Å². The van der Waals surface area contributed by atoms with E-state index in [1.54, 1.807) is 6.21 Å². The summed E-state index contributed by atoms with van der Waals surface area (Å²) < 4.78 is 7.75. The maximum atomic E-state index is 12.0. The van der Waals surface area contributed by atoms with E-state index in [9.17, 15) is 4.79 Å². The zero-order chi connectivity index (χ0) is 21.0. The number of ether oxygens (including phenoxy) is 1. The summed E-state index contributed by atoms with van der Waals surface area (Å²) in [7, 11) is 0. The fraction of sp³-hybridized carbons (Fsp3) is 0.250. The van der Waals surface area contributed by atoms with E-state index in [0.717, 1.165) is 28.2 Å². The third-order valence-electron chi connectivity index (χ3n) is 4.91. The van der Waals surface area contributed by atoms with Gasteiger partial charge in [-0.2, -0.15) is 5.10 Å². The van der Waals surface area contributed by atoms with E-state index in [0.29, 0.717) is 5.75 Å². The van der Waals surface area contributed by atoms with E-state index in [4.69, 9.17) is 4.74 Å². The highest BCUT2D eigenvalue weighted by atomic mass is 16.5. The quantitative estimate of drug-likeness (QED) is 0.497. The van der Waals surface area contributed by atoms with Gasteiger partial charge in [0.05, 0.1) is 6.21 Å². The fourth-order valence-electron chi connectivity index (χ4n) is 3.41. The van der Waals surface area contributed by atoms with Crippen LogP contribution in [0.15, 0.2) is 53.6 Å². The second-order valence-corrected chi connectivity index (χ2v) is 7.30. The Morgan fingerprint density at radius 3 is 2.52 bits per heavy atom. The maximum absolute atomic E-state index is 12.0. The molecule has 0 unspecified atom stereocenters. The number of para-hydroxylation sites is 1. The molecular formula is C24H27N3O2. The van der Waals surface area contributed by atoms with Crippen LogP contribution >= 0.6 is 0 Å². The third-order valence-corrected chi connectivity index (χ3v) is 4.91. The van der Waals surface area contributed by atoms with Crippen LogP contribution in [-0.2, 0) is 4.79 Å². The van der Waals surface area contributed by atoms with Gasteiger partial charge in [-0.15, -0.1) is 0 Å². The lowest BCUT2D eigenvalue weighted by Crippen LogP contribution is -2.24. The largest absolute Gasteiger partial charge is 0.483 e. The molecular weight excluding hydrogens is 362 g/mol. The van der Waals surface area contributed by atoms with Gasteiger partial charge in [-0.3, -0.25) is 4.79 Å². The van der Waals surface area contributed by atoms with Crippen LogP contribution in [0.25, 0.3) is 5.69 Å². The second-order valence-electron chi connectivity index (χ2n) is 7.30. The summed E-state index contributed by atoms with van der Waals surface area (Å²) in [4.78, 5) is 12.0. The summed E-state index contributed by atoms with van der Waals surface area (Å²) in [5, 5.41) is 4.10. The zero-order valence-electron chi connectivity index (χ0n) is 17.6. The Labute approximate surface area is 172 Å². The van der Waals surface area contributed by atoms with Crippen molar-refractivity contribution in [1.82, 2.24) is 9.99 Å². The van der Waals surface area contributed by atoms with E-state index in [-0.39, 0.29) is 12.5 Å². The SMILES string of the molecule is Cc1ccc(-n2c(C)cc(/C=N\NC(=O)COc3ccccc3C)c2C)c(C)c1. The number of carbonyl (C=O) groups is 1. The van der Waals surface area contributed by atoms with Gasteiger partial charge in [0.15, 0.2) is 6.61 Å².